The molecule has 0 bridgehead atoms. The van der Waals surface area contributed by atoms with Gasteiger partial charge in [0.05, 0.1) is 19.3 Å². The first-order chi connectivity index (χ1) is 14.1. The van der Waals surface area contributed by atoms with Crippen molar-refractivity contribution >= 4 is 17.3 Å². The lowest BCUT2D eigenvalue weighted by Gasteiger charge is -2.38. The van der Waals surface area contributed by atoms with E-state index in [9.17, 15) is 4.79 Å². The Balaban J connectivity index is 1.88. The van der Waals surface area contributed by atoms with Crippen LogP contribution in [0.1, 0.15) is 34.6 Å². The Bertz CT molecular complexity index is 1030. The Morgan fingerprint density at radius 2 is 1.79 bits per heavy atom. The zero-order valence-corrected chi connectivity index (χ0v) is 16.8. The number of carbonyl (C=O) groups is 1. The Hall–Kier alpha value is -3.47. The number of hydrogen-bond acceptors (Lipinski definition) is 4. The smallest absolute Gasteiger partial charge is 0.262 e. The molecule has 0 aliphatic carbocycles. The van der Waals surface area contributed by atoms with Gasteiger partial charge in [0.25, 0.3) is 5.91 Å². The van der Waals surface area contributed by atoms with Crippen LogP contribution in [0.5, 0.6) is 11.5 Å². The van der Waals surface area contributed by atoms with E-state index in [1.807, 2.05) is 80.6 Å². The summed E-state index contributed by atoms with van der Waals surface area (Å²) in [7, 11) is 1.63. The van der Waals surface area contributed by atoms with Crippen molar-refractivity contribution in [3.05, 3.63) is 83.4 Å². The summed E-state index contributed by atoms with van der Waals surface area (Å²) in [5, 5.41) is 3.52. The first-order valence-corrected chi connectivity index (χ1v) is 9.69. The van der Waals surface area contributed by atoms with Crippen LogP contribution in [0.3, 0.4) is 0 Å². The minimum Gasteiger partial charge on any atom is -0.496 e. The van der Waals surface area contributed by atoms with Crippen LogP contribution >= 0.6 is 0 Å². The lowest BCUT2D eigenvalue weighted by molar-refractivity contribution is 0.0974. The zero-order chi connectivity index (χ0) is 20.4. The number of fused-ring (bicyclic) bond motifs is 1. The summed E-state index contributed by atoms with van der Waals surface area (Å²) in [6.07, 6.45) is -0.435. The summed E-state index contributed by atoms with van der Waals surface area (Å²) in [5.41, 5.74) is 4.23. The Labute approximate surface area is 170 Å². The summed E-state index contributed by atoms with van der Waals surface area (Å²) in [5.74, 6) is 1.37. The van der Waals surface area contributed by atoms with E-state index in [-0.39, 0.29) is 5.91 Å². The molecule has 0 spiro atoms. The Morgan fingerprint density at radius 1 is 1.03 bits per heavy atom. The number of aryl methyl sites for hydroxylation is 1. The largest absolute Gasteiger partial charge is 0.496 e. The van der Waals surface area contributed by atoms with E-state index in [0.717, 1.165) is 28.3 Å². The van der Waals surface area contributed by atoms with Gasteiger partial charge in [-0.25, -0.2) is 0 Å². The number of methoxy groups -OCH3 is 1. The predicted octanol–water partition coefficient (Wildman–Crippen LogP) is 5.17. The van der Waals surface area contributed by atoms with Crippen molar-refractivity contribution in [3.8, 4) is 11.5 Å². The fourth-order valence-corrected chi connectivity index (χ4v) is 3.63. The highest BCUT2D eigenvalue weighted by Crippen LogP contribution is 2.40. The number of ether oxygens (including phenoxy) is 2. The molecule has 1 aliphatic heterocycles. The number of benzene rings is 3. The maximum absolute atomic E-state index is 13.5. The number of hydrogen-bond donors (Lipinski definition) is 1. The molecule has 4 rings (SSSR count). The van der Waals surface area contributed by atoms with Crippen LogP contribution in [0.4, 0.5) is 11.4 Å². The molecule has 1 atom stereocenters. The second-order valence-electron chi connectivity index (χ2n) is 6.94. The van der Waals surface area contributed by atoms with Crippen LogP contribution in [0.2, 0.25) is 0 Å². The van der Waals surface area contributed by atoms with Crippen LogP contribution in [0.15, 0.2) is 66.7 Å². The van der Waals surface area contributed by atoms with Crippen LogP contribution in [0, 0.1) is 6.92 Å². The molecule has 0 radical (unpaired) electrons. The van der Waals surface area contributed by atoms with Crippen LogP contribution in [-0.4, -0.2) is 19.6 Å². The quantitative estimate of drug-likeness (QED) is 0.655. The van der Waals surface area contributed by atoms with Crippen molar-refractivity contribution in [2.75, 3.05) is 23.9 Å². The molecule has 3 aromatic carbocycles. The molecular weight excluding hydrogens is 364 g/mol. The van der Waals surface area contributed by atoms with Gasteiger partial charge in [0.1, 0.15) is 17.7 Å². The highest BCUT2D eigenvalue weighted by molar-refractivity contribution is 6.12. The number of nitrogens with one attached hydrogen (secondary N) is 1. The highest BCUT2D eigenvalue weighted by atomic mass is 16.5. The monoisotopic (exact) mass is 388 g/mol. The molecule has 0 fully saturated rings. The average Bonchev–Trinajstić information content (AvgIpc) is 2.75. The number of para-hydroxylation sites is 1. The van der Waals surface area contributed by atoms with Gasteiger partial charge < -0.3 is 14.8 Å². The molecule has 1 heterocycles. The maximum atomic E-state index is 13.5. The van der Waals surface area contributed by atoms with E-state index >= 15 is 0 Å². The van der Waals surface area contributed by atoms with Gasteiger partial charge in [-0.3, -0.25) is 9.69 Å². The van der Waals surface area contributed by atoms with Crippen LogP contribution in [-0.2, 0) is 0 Å². The van der Waals surface area contributed by atoms with E-state index < -0.39 is 6.17 Å². The number of rotatable bonds is 5. The molecule has 5 nitrogen and oxygen atoms in total. The molecule has 1 N–H and O–H groups in total. The fraction of sp³-hybridized carbons (Fsp3) is 0.208. The highest BCUT2D eigenvalue weighted by Gasteiger charge is 2.35. The van der Waals surface area contributed by atoms with E-state index in [4.69, 9.17) is 9.47 Å². The van der Waals surface area contributed by atoms with Crippen molar-refractivity contribution in [2.24, 2.45) is 0 Å². The minimum atomic E-state index is -0.435. The summed E-state index contributed by atoms with van der Waals surface area (Å²) >= 11 is 0. The van der Waals surface area contributed by atoms with Gasteiger partial charge in [-0.05, 0) is 56.3 Å². The first kappa shape index (κ1) is 18.9. The molecule has 1 amide bonds. The minimum absolute atomic E-state index is 0.0583. The van der Waals surface area contributed by atoms with Crippen LogP contribution in [0.25, 0.3) is 0 Å². The lowest BCUT2D eigenvalue weighted by Crippen LogP contribution is -2.43. The summed E-state index contributed by atoms with van der Waals surface area (Å²) in [6.45, 7) is 4.54. The zero-order valence-electron chi connectivity index (χ0n) is 16.8. The molecule has 0 aromatic heterocycles. The molecule has 148 valence electrons. The van der Waals surface area contributed by atoms with E-state index in [2.05, 4.69) is 5.32 Å². The van der Waals surface area contributed by atoms with Gasteiger partial charge in [0.2, 0.25) is 0 Å². The number of amides is 1. The van der Waals surface area contributed by atoms with Crippen molar-refractivity contribution in [1.29, 1.82) is 0 Å². The number of carbonyl (C=O) groups excluding carboxylic acids is 1. The third-order valence-electron chi connectivity index (χ3n) is 5.05. The van der Waals surface area contributed by atoms with Crippen LogP contribution < -0.4 is 19.7 Å². The third-order valence-corrected chi connectivity index (χ3v) is 5.05. The molecule has 5 heteroatoms. The molecule has 29 heavy (non-hydrogen) atoms. The molecule has 3 aromatic rings. The Morgan fingerprint density at radius 3 is 2.52 bits per heavy atom. The second kappa shape index (κ2) is 7.87. The average molecular weight is 388 g/mol. The van der Waals surface area contributed by atoms with Gasteiger partial charge in [0.15, 0.2) is 0 Å². The van der Waals surface area contributed by atoms with Gasteiger partial charge in [-0.2, -0.15) is 0 Å². The normalized spacial score (nSPS) is 15.5. The number of nitrogens with zero attached hydrogens (tertiary/aromatic N) is 1. The summed E-state index contributed by atoms with van der Waals surface area (Å²) in [6, 6.07) is 21.2. The molecular formula is C24H24N2O3. The van der Waals surface area contributed by atoms with Crippen molar-refractivity contribution in [3.63, 3.8) is 0 Å². The number of anilines is 2. The second-order valence-corrected chi connectivity index (χ2v) is 6.94. The van der Waals surface area contributed by atoms with E-state index in [1.54, 1.807) is 12.0 Å². The SMILES string of the molecule is CCOc1ccc(OC)c(C2Nc3ccccc3C(=O)N2c2ccc(C)cc2)c1. The summed E-state index contributed by atoms with van der Waals surface area (Å²) in [4.78, 5) is 15.3. The van der Waals surface area contributed by atoms with Gasteiger partial charge in [-0.15, -0.1) is 0 Å². The van der Waals surface area contributed by atoms with E-state index in [0.29, 0.717) is 17.9 Å². The molecule has 1 unspecified atom stereocenters. The van der Waals surface area contributed by atoms with Crippen molar-refractivity contribution in [2.45, 2.75) is 20.0 Å². The Kier molecular flexibility index (Phi) is 5.12. The fourth-order valence-electron chi connectivity index (χ4n) is 3.63. The first-order valence-electron chi connectivity index (χ1n) is 9.69. The topological polar surface area (TPSA) is 50.8 Å². The summed E-state index contributed by atoms with van der Waals surface area (Å²) < 4.78 is 11.3. The maximum Gasteiger partial charge on any atom is 0.262 e. The van der Waals surface area contributed by atoms with Gasteiger partial charge in [0, 0.05) is 16.9 Å². The molecule has 0 saturated carbocycles. The van der Waals surface area contributed by atoms with Gasteiger partial charge >= 0.3 is 0 Å². The molecule has 1 aliphatic rings. The molecule has 0 saturated heterocycles. The predicted molar refractivity (Wildman–Crippen MR) is 115 cm³/mol. The lowest BCUT2D eigenvalue weighted by atomic mass is 10.0. The third kappa shape index (κ3) is 3.51. The standard InChI is InChI=1S/C24H24N2O3/c1-4-29-18-13-14-22(28-3)20(15-18)23-25-21-8-6-5-7-19(21)24(27)26(23)17-11-9-16(2)10-12-17/h5-15,23,25H,4H2,1-3H3. The van der Waals surface area contributed by atoms with Crippen molar-refractivity contribution in [1.82, 2.24) is 0 Å². The van der Waals surface area contributed by atoms with E-state index in [1.165, 1.54) is 0 Å². The van der Waals surface area contributed by atoms with Gasteiger partial charge in [-0.1, -0.05) is 29.8 Å². The van der Waals surface area contributed by atoms with Crippen molar-refractivity contribution < 1.29 is 14.3 Å².